The number of carbonyl (C=O) groups is 1. The number of amides is 2. The lowest BCUT2D eigenvalue weighted by Gasteiger charge is -2.19. The zero-order valence-corrected chi connectivity index (χ0v) is 11.2. The van der Waals surface area contributed by atoms with Crippen LogP contribution in [0.15, 0.2) is 24.4 Å². The van der Waals surface area contributed by atoms with Crippen LogP contribution in [-0.2, 0) is 6.54 Å². The van der Waals surface area contributed by atoms with E-state index in [-0.39, 0.29) is 11.8 Å². The molecule has 0 aliphatic carbocycles. The third-order valence-corrected chi connectivity index (χ3v) is 3.37. The van der Waals surface area contributed by atoms with Crippen molar-refractivity contribution in [2.24, 2.45) is 0 Å². The minimum atomic E-state index is -0.352. The van der Waals surface area contributed by atoms with E-state index in [1.807, 2.05) is 0 Å². The van der Waals surface area contributed by atoms with Gasteiger partial charge in [0.15, 0.2) is 5.82 Å². The summed E-state index contributed by atoms with van der Waals surface area (Å²) >= 11 is 1.02. The summed E-state index contributed by atoms with van der Waals surface area (Å²) < 4.78 is 26.3. The summed E-state index contributed by atoms with van der Waals surface area (Å²) in [4.78, 5) is 13.7. The molecule has 2 heterocycles. The van der Waals surface area contributed by atoms with Crippen molar-refractivity contribution in [1.82, 2.24) is 13.6 Å². The lowest BCUT2D eigenvalue weighted by Crippen LogP contribution is -2.36. The van der Waals surface area contributed by atoms with Gasteiger partial charge in [-0.3, -0.25) is 5.32 Å². The summed E-state index contributed by atoms with van der Waals surface area (Å²) in [5.41, 5.74) is 0.774. The predicted molar refractivity (Wildman–Crippen MR) is 71.2 cm³/mol. The number of aromatic nitrogens is 2. The van der Waals surface area contributed by atoms with E-state index in [0.717, 1.165) is 17.3 Å². The van der Waals surface area contributed by atoms with Crippen molar-refractivity contribution >= 4 is 23.6 Å². The van der Waals surface area contributed by atoms with E-state index < -0.39 is 0 Å². The van der Waals surface area contributed by atoms with Crippen molar-refractivity contribution in [1.29, 1.82) is 0 Å². The fraction of sp³-hybridized carbons (Fsp3) is 0.250. The topological polar surface area (TPSA) is 67.4 Å². The summed E-state index contributed by atoms with van der Waals surface area (Å²) in [6.07, 6.45) is 1.49. The van der Waals surface area contributed by atoms with E-state index in [1.165, 1.54) is 18.3 Å². The highest BCUT2D eigenvalue weighted by Gasteiger charge is 2.20. The molecule has 0 saturated carbocycles. The van der Waals surface area contributed by atoms with Gasteiger partial charge in [0.25, 0.3) is 0 Å². The first-order chi connectivity index (χ1) is 9.72. The standard InChI is InChI=1S/C12H11FN4O2S/c13-9-2-1-8-7-17(3-4-19-10(8)5-9)12(18)15-11-6-14-20-16-11/h1-2,5-6H,3-4,7H2,(H,15,16,18). The normalized spacial score (nSPS) is 14.2. The van der Waals surface area contributed by atoms with E-state index >= 15 is 0 Å². The molecule has 2 amide bonds. The third kappa shape index (κ3) is 2.69. The molecule has 1 aliphatic rings. The van der Waals surface area contributed by atoms with Crippen LogP contribution < -0.4 is 10.1 Å². The van der Waals surface area contributed by atoms with Crippen LogP contribution in [0.1, 0.15) is 5.56 Å². The molecule has 0 fully saturated rings. The first kappa shape index (κ1) is 12.8. The van der Waals surface area contributed by atoms with Gasteiger partial charge in [-0.2, -0.15) is 8.75 Å². The van der Waals surface area contributed by atoms with Gasteiger partial charge in [-0.15, -0.1) is 0 Å². The molecular formula is C12H11FN4O2S. The summed E-state index contributed by atoms with van der Waals surface area (Å²) in [5, 5.41) is 2.66. The summed E-state index contributed by atoms with van der Waals surface area (Å²) in [7, 11) is 0. The molecule has 8 heteroatoms. The lowest BCUT2D eigenvalue weighted by atomic mass is 10.2. The van der Waals surface area contributed by atoms with Crippen LogP contribution in [-0.4, -0.2) is 32.8 Å². The Bertz CT molecular complexity index is 620. The van der Waals surface area contributed by atoms with E-state index in [4.69, 9.17) is 4.74 Å². The Hall–Kier alpha value is -2.22. The van der Waals surface area contributed by atoms with Crippen LogP contribution in [0, 0.1) is 5.82 Å². The van der Waals surface area contributed by atoms with Crippen LogP contribution in [0.2, 0.25) is 0 Å². The highest BCUT2D eigenvalue weighted by Crippen LogP contribution is 2.24. The van der Waals surface area contributed by atoms with E-state index in [1.54, 1.807) is 11.0 Å². The summed E-state index contributed by atoms with van der Waals surface area (Å²) in [6.45, 7) is 1.10. The second-order valence-corrected chi connectivity index (χ2v) is 4.80. The monoisotopic (exact) mass is 294 g/mol. The summed E-state index contributed by atoms with van der Waals surface area (Å²) in [5.74, 6) is 0.551. The molecule has 0 atom stereocenters. The Balaban J connectivity index is 1.75. The molecule has 6 nitrogen and oxygen atoms in total. The fourth-order valence-corrected chi connectivity index (χ4v) is 2.30. The van der Waals surface area contributed by atoms with Crippen LogP contribution in [0.4, 0.5) is 15.0 Å². The molecule has 2 aromatic rings. The van der Waals surface area contributed by atoms with Crippen molar-refractivity contribution in [2.45, 2.75) is 6.54 Å². The molecule has 3 rings (SSSR count). The fourth-order valence-electron chi connectivity index (χ4n) is 1.93. The SMILES string of the molecule is O=C(Nc1cnsn1)N1CCOc2cc(F)ccc2C1. The lowest BCUT2D eigenvalue weighted by molar-refractivity contribution is 0.200. The van der Waals surface area contributed by atoms with Gasteiger partial charge in [0.05, 0.1) is 31.0 Å². The van der Waals surface area contributed by atoms with Gasteiger partial charge in [-0.25, -0.2) is 9.18 Å². The average molecular weight is 294 g/mol. The number of hydrogen-bond donors (Lipinski definition) is 1. The van der Waals surface area contributed by atoms with Crippen molar-refractivity contribution in [3.8, 4) is 5.75 Å². The largest absolute Gasteiger partial charge is 0.491 e. The number of halogens is 1. The van der Waals surface area contributed by atoms with Gasteiger partial charge in [0.1, 0.15) is 18.2 Å². The van der Waals surface area contributed by atoms with Gasteiger partial charge in [-0.05, 0) is 6.07 Å². The van der Waals surface area contributed by atoms with Crippen molar-refractivity contribution in [3.63, 3.8) is 0 Å². The molecule has 20 heavy (non-hydrogen) atoms. The van der Waals surface area contributed by atoms with Gasteiger partial charge >= 0.3 is 6.03 Å². The Labute approximate surface area is 118 Å². The smallest absolute Gasteiger partial charge is 0.323 e. The number of fused-ring (bicyclic) bond motifs is 1. The van der Waals surface area contributed by atoms with E-state index in [9.17, 15) is 9.18 Å². The van der Waals surface area contributed by atoms with Crippen LogP contribution in [0.3, 0.4) is 0 Å². The average Bonchev–Trinajstić information content (AvgIpc) is 2.83. The van der Waals surface area contributed by atoms with Gasteiger partial charge in [-0.1, -0.05) is 6.07 Å². The highest BCUT2D eigenvalue weighted by molar-refractivity contribution is 6.99. The summed E-state index contributed by atoms with van der Waals surface area (Å²) in [6, 6.07) is 4.04. The van der Waals surface area contributed by atoms with Crippen molar-refractivity contribution in [3.05, 3.63) is 35.8 Å². The first-order valence-electron chi connectivity index (χ1n) is 5.97. The molecule has 0 unspecified atom stereocenters. The molecule has 1 aromatic heterocycles. The zero-order chi connectivity index (χ0) is 13.9. The van der Waals surface area contributed by atoms with Crippen molar-refractivity contribution in [2.75, 3.05) is 18.5 Å². The third-order valence-electron chi connectivity index (χ3n) is 2.89. The molecule has 1 aromatic carbocycles. The van der Waals surface area contributed by atoms with Crippen LogP contribution >= 0.6 is 11.7 Å². The minimum absolute atomic E-state index is 0.279. The molecule has 1 N–H and O–H groups in total. The highest BCUT2D eigenvalue weighted by atomic mass is 32.1. The Morgan fingerprint density at radius 3 is 3.20 bits per heavy atom. The predicted octanol–water partition coefficient (Wildman–Crippen LogP) is 2.10. The maximum absolute atomic E-state index is 13.1. The van der Waals surface area contributed by atoms with Gasteiger partial charge in [0, 0.05) is 11.6 Å². The quantitative estimate of drug-likeness (QED) is 0.874. The molecule has 0 radical (unpaired) electrons. The Kier molecular flexibility index (Phi) is 3.46. The number of rotatable bonds is 1. The second-order valence-electron chi connectivity index (χ2n) is 4.24. The van der Waals surface area contributed by atoms with Crippen LogP contribution in [0.5, 0.6) is 5.75 Å². The molecule has 0 spiro atoms. The molecule has 104 valence electrons. The van der Waals surface area contributed by atoms with Gasteiger partial charge in [0.2, 0.25) is 0 Å². The maximum Gasteiger partial charge on any atom is 0.323 e. The second kappa shape index (κ2) is 5.41. The number of hydrogen-bond acceptors (Lipinski definition) is 5. The van der Waals surface area contributed by atoms with E-state index in [0.29, 0.717) is 31.3 Å². The Morgan fingerprint density at radius 1 is 1.50 bits per heavy atom. The van der Waals surface area contributed by atoms with Crippen molar-refractivity contribution < 1.29 is 13.9 Å². The number of benzene rings is 1. The van der Waals surface area contributed by atoms with Gasteiger partial charge < -0.3 is 9.64 Å². The van der Waals surface area contributed by atoms with Crippen LogP contribution in [0.25, 0.3) is 0 Å². The molecular weight excluding hydrogens is 283 g/mol. The van der Waals surface area contributed by atoms with E-state index in [2.05, 4.69) is 14.1 Å². The number of ether oxygens (including phenoxy) is 1. The first-order valence-corrected chi connectivity index (χ1v) is 6.70. The number of nitrogens with zero attached hydrogens (tertiary/aromatic N) is 3. The maximum atomic E-state index is 13.1. The number of anilines is 1. The minimum Gasteiger partial charge on any atom is -0.491 e. The molecule has 1 aliphatic heterocycles. The molecule has 0 bridgehead atoms. The zero-order valence-electron chi connectivity index (χ0n) is 10.4. The number of nitrogens with one attached hydrogen (secondary N) is 1. The Morgan fingerprint density at radius 2 is 2.40 bits per heavy atom. The number of urea groups is 1. The molecule has 0 saturated heterocycles. The number of carbonyl (C=O) groups excluding carboxylic acids is 1.